The third-order valence-corrected chi connectivity index (χ3v) is 3.10. The molecule has 1 aromatic heterocycles. The summed E-state index contributed by atoms with van der Waals surface area (Å²) in [5.74, 6) is 0.361. The topological polar surface area (TPSA) is 56.2 Å². The Labute approximate surface area is 93.8 Å². The van der Waals surface area contributed by atoms with Gasteiger partial charge in [-0.05, 0) is 19.3 Å². The van der Waals surface area contributed by atoms with E-state index in [1.54, 1.807) is 6.20 Å². The van der Waals surface area contributed by atoms with E-state index in [0.29, 0.717) is 6.04 Å². The lowest BCUT2D eigenvalue weighted by molar-refractivity contribution is -0.117. The van der Waals surface area contributed by atoms with Crippen molar-refractivity contribution in [2.75, 3.05) is 18.5 Å². The number of hydrogen-bond donors (Lipinski definition) is 1. The van der Waals surface area contributed by atoms with Crippen LogP contribution in [0.25, 0.3) is 0 Å². The fourth-order valence-corrected chi connectivity index (χ4v) is 1.92. The second kappa shape index (κ2) is 3.90. The highest BCUT2D eigenvalue weighted by Gasteiger charge is 2.30. The second-order valence-electron chi connectivity index (χ2n) is 4.49. The van der Waals surface area contributed by atoms with Gasteiger partial charge in [-0.2, -0.15) is 5.10 Å². The van der Waals surface area contributed by atoms with Crippen molar-refractivity contribution in [2.45, 2.75) is 25.3 Å². The van der Waals surface area contributed by atoms with Gasteiger partial charge in [0.15, 0.2) is 0 Å². The summed E-state index contributed by atoms with van der Waals surface area (Å²) in [5, 5.41) is 7.14. The molecule has 2 heterocycles. The number of hydrogen-bond acceptors (Lipinski definition) is 3. The molecule has 1 saturated heterocycles. The molecule has 2 aliphatic rings. The molecule has 0 bridgehead atoms. The smallest absolute Gasteiger partial charge is 0.227 e. The third kappa shape index (κ3) is 1.95. The van der Waals surface area contributed by atoms with Crippen molar-refractivity contribution in [2.24, 2.45) is 5.92 Å². The Morgan fingerprint density at radius 2 is 2.38 bits per heavy atom. The minimum atomic E-state index is 0.127. The van der Waals surface area contributed by atoms with Gasteiger partial charge in [0.05, 0.1) is 24.5 Å². The Morgan fingerprint density at radius 3 is 3.06 bits per heavy atom. The van der Waals surface area contributed by atoms with Gasteiger partial charge >= 0.3 is 0 Å². The van der Waals surface area contributed by atoms with Gasteiger partial charge in [-0.1, -0.05) is 0 Å². The fourth-order valence-electron chi connectivity index (χ4n) is 1.92. The highest BCUT2D eigenvalue weighted by Crippen LogP contribution is 2.30. The number of aromatic nitrogens is 2. The lowest BCUT2D eigenvalue weighted by atomic mass is 10.3. The van der Waals surface area contributed by atoms with Crippen molar-refractivity contribution < 1.29 is 9.53 Å². The molecule has 86 valence electrons. The van der Waals surface area contributed by atoms with Crippen molar-refractivity contribution in [3.8, 4) is 0 Å². The van der Waals surface area contributed by atoms with Gasteiger partial charge in [-0.3, -0.25) is 9.48 Å². The van der Waals surface area contributed by atoms with Crippen molar-refractivity contribution in [1.82, 2.24) is 9.78 Å². The van der Waals surface area contributed by atoms with Crippen molar-refractivity contribution in [1.29, 1.82) is 0 Å². The van der Waals surface area contributed by atoms with Gasteiger partial charge in [-0.15, -0.1) is 0 Å². The molecule has 1 aliphatic carbocycles. The predicted octanol–water partition coefficient (Wildman–Crippen LogP) is 1.19. The maximum atomic E-state index is 11.5. The molecular formula is C11H15N3O2. The molecule has 1 aliphatic heterocycles. The zero-order valence-corrected chi connectivity index (χ0v) is 9.06. The summed E-state index contributed by atoms with van der Waals surface area (Å²) in [6, 6.07) is 0.326. The maximum absolute atomic E-state index is 11.5. The first-order chi connectivity index (χ1) is 7.83. The van der Waals surface area contributed by atoms with Crippen LogP contribution >= 0.6 is 0 Å². The molecule has 1 aromatic rings. The fraction of sp³-hybridized carbons (Fsp3) is 0.636. The summed E-state index contributed by atoms with van der Waals surface area (Å²) in [6.45, 7) is 1.52. The zero-order chi connectivity index (χ0) is 11.0. The van der Waals surface area contributed by atoms with Crippen LogP contribution in [-0.2, 0) is 9.53 Å². The largest absolute Gasteiger partial charge is 0.379 e. The summed E-state index contributed by atoms with van der Waals surface area (Å²) in [5.41, 5.74) is 0.795. The number of ether oxygens (including phenoxy) is 1. The molecule has 1 atom stereocenters. The van der Waals surface area contributed by atoms with E-state index < -0.39 is 0 Å². The maximum Gasteiger partial charge on any atom is 0.227 e. The highest BCUT2D eigenvalue weighted by atomic mass is 16.5. The Morgan fingerprint density at radius 1 is 1.50 bits per heavy atom. The minimum absolute atomic E-state index is 0.127. The van der Waals surface area contributed by atoms with E-state index in [-0.39, 0.29) is 11.8 Å². The molecule has 0 radical (unpaired) electrons. The van der Waals surface area contributed by atoms with Gasteiger partial charge in [0.2, 0.25) is 5.91 Å². The molecular weight excluding hydrogens is 206 g/mol. The number of carbonyl (C=O) groups is 1. The molecule has 1 N–H and O–H groups in total. The van der Waals surface area contributed by atoms with Crippen LogP contribution in [-0.4, -0.2) is 28.9 Å². The highest BCUT2D eigenvalue weighted by molar-refractivity contribution is 5.93. The first-order valence-electron chi connectivity index (χ1n) is 5.76. The quantitative estimate of drug-likeness (QED) is 0.834. The first kappa shape index (κ1) is 9.84. The zero-order valence-electron chi connectivity index (χ0n) is 9.06. The number of amides is 1. The van der Waals surface area contributed by atoms with Crippen LogP contribution in [0.2, 0.25) is 0 Å². The molecule has 0 unspecified atom stereocenters. The summed E-state index contributed by atoms with van der Waals surface area (Å²) >= 11 is 0. The summed E-state index contributed by atoms with van der Waals surface area (Å²) < 4.78 is 7.19. The van der Waals surface area contributed by atoms with E-state index in [4.69, 9.17) is 4.74 Å². The first-order valence-corrected chi connectivity index (χ1v) is 5.76. The number of rotatable bonds is 3. The minimum Gasteiger partial charge on any atom is -0.379 e. The van der Waals surface area contributed by atoms with Gasteiger partial charge < -0.3 is 10.1 Å². The Bertz CT molecular complexity index is 392. The molecule has 16 heavy (non-hydrogen) atoms. The Hall–Kier alpha value is -1.36. The summed E-state index contributed by atoms with van der Waals surface area (Å²) in [4.78, 5) is 11.5. The normalized spacial score (nSPS) is 24.6. The number of anilines is 1. The van der Waals surface area contributed by atoms with Gasteiger partial charge in [0, 0.05) is 18.7 Å². The molecule has 1 saturated carbocycles. The summed E-state index contributed by atoms with van der Waals surface area (Å²) in [6.07, 6.45) is 6.64. The van der Waals surface area contributed by atoms with Crippen LogP contribution in [0.1, 0.15) is 25.3 Å². The van der Waals surface area contributed by atoms with E-state index in [2.05, 4.69) is 10.4 Å². The van der Waals surface area contributed by atoms with E-state index in [9.17, 15) is 4.79 Å². The average Bonchev–Trinajstić information content (AvgIpc) is 2.80. The van der Waals surface area contributed by atoms with Gasteiger partial charge in [-0.25, -0.2) is 0 Å². The molecule has 5 nitrogen and oxygen atoms in total. The molecule has 2 fully saturated rings. The number of nitrogens with zero attached hydrogens (tertiary/aromatic N) is 2. The lowest BCUT2D eigenvalue weighted by Gasteiger charge is -2.06. The molecule has 0 aromatic carbocycles. The van der Waals surface area contributed by atoms with Crippen LogP contribution < -0.4 is 5.32 Å². The number of nitrogens with one attached hydrogen (secondary N) is 1. The average molecular weight is 221 g/mol. The second-order valence-corrected chi connectivity index (χ2v) is 4.49. The third-order valence-electron chi connectivity index (χ3n) is 3.10. The van der Waals surface area contributed by atoms with Crippen molar-refractivity contribution in [3.05, 3.63) is 12.4 Å². The monoisotopic (exact) mass is 221 g/mol. The van der Waals surface area contributed by atoms with Crippen LogP contribution in [0.15, 0.2) is 12.4 Å². The van der Waals surface area contributed by atoms with E-state index in [1.807, 2.05) is 10.9 Å². The SMILES string of the molecule is O=C(Nc1cnn([C@H]2CCOC2)c1)C1CC1. The Kier molecular flexibility index (Phi) is 2.40. The predicted molar refractivity (Wildman–Crippen MR) is 58.1 cm³/mol. The molecule has 5 heteroatoms. The van der Waals surface area contributed by atoms with Crippen LogP contribution in [0.3, 0.4) is 0 Å². The van der Waals surface area contributed by atoms with E-state index in [0.717, 1.165) is 38.2 Å². The number of carbonyl (C=O) groups excluding carboxylic acids is 1. The summed E-state index contributed by atoms with van der Waals surface area (Å²) in [7, 11) is 0. The standard InChI is InChI=1S/C11H15N3O2/c15-11(8-1-2-8)13-9-5-12-14(6-9)10-3-4-16-7-10/h5-6,8,10H,1-4,7H2,(H,13,15)/t10-/m0/s1. The van der Waals surface area contributed by atoms with Gasteiger partial charge in [0.1, 0.15) is 0 Å². The molecule has 3 rings (SSSR count). The van der Waals surface area contributed by atoms with Crippen LogP contribution in [0, 0.1) is 5.92 Å². The molecule has 1 amide bonds. The molecule has 0 spiro atoms. The lowest BCUT2D eigenvalue weighted by Crippen LogP contribution is -2.13. The van der Waals surface area contributed by atoms with Crippen LogP contribution in [0.4, 0.5) is 5.69 Å². The van der Waals surface area contributed by atoms with Crippen LogP contribution in [0.5, 0.6) is 0 Å². The Balaban J connectivity index is 1.64. The van der Waals surface area contributed by atoms with Crippen molar-refractivity contribution >= 4 is 11.6 Å². The van der Waals surface area contributed by atoms with Gasteiger partial charge in [0.25, 0.3) is 0 Å². The van der Waals surface area contributed by atoms with E-state index in [1.165, 1.54) is 0 Å². The van der Waals surface area contributed by atoms with E-state index >= 15 is 0 Å². The van der Waals surface area contributed by atoms with Crippen molar-refractivity contribution in [3.63, 3.8) is 0 Å².